The Morgan fingerprint density at radius 2 is 1.85 bits per heavy atom. The monoisotopic (exact) mass is 449 g/mol. The number of carbonyl (C=O) groups is 4. The predicted octanol–water partition coefficient (Wildman–Crippen LogP) is -0.145. The van der Waals surface area contributed by atoms with Crippen LogP contribution in [0.1, 0.15) is 24.0 Å². The third kappa shape index (κ3) is 3.03. The first-order valence-corrected chi connectivity index (χ1v) is 10.9. The molecule has 1 spiro atoms. The van der Waals surface area contributed by atoms with Crippen LogP contribution < -0.4 is 21.1 Å². The molecule has 2 saturated heterocycles. The van der Waals surface area contributed by atoms with Gasteiger partial charge in [-0.1, -0.05) is 36.4 Å². The second kappa shape index (κ2) is 7.70. The van der Waals surface area contributed by atoms with E-state index in [2.05, 4.69) is 5.32 Å². The number of quaternary nitrogens is 1. The van der Waals surface area contributed by atoms with E-state index in [0.29, 0.717) is 29.0 Å². The first-order valence-electron chi connectivity index (χ1n) is 10.9. The van der Waals surface area contributed by atoms with Crippen LogP contribution in [0, 0.1) is 11.8 Å². The van der Waals surface area contributed by atoms with Crippen molar-refractivity contribution in [1.29, 1.82) is 0 Å². The summed E-state index contributed by atoms with van der Waals surface area (Å²) in [6.45, 7) is 0.0521. The van der Waals surface area contributed by atoms with Crippen molar-refractivity contribution >= 4 is 29.3 Å². The van der Waals surface area contributed by atoms with Crippen molar-refractivity contribution in [3.05, 3.63) is 59.7 Å². The summed E-state index contributed by atoms with van der Waals surface area (Å²) < 4.78 is 5.39. The van der Waals surface area contributed by atoms with Crippen molar-refractivity contribution in [2.45, 2.75) is 31.0 Å². The van der Waals surface area contributed by atoms with Gasteiger partial charge in [0.05, 0.1) is 19.3 Å². The number of amides is 4. The number of carbonyl (C=O) groups excluding carboxylic acids is 4. The van der Waals surface area contributed by atoms with Gasteiger partial charge in [0.15, 0.2) is 0 Å². The molecule has 0 bridgehead atoms. The van der Waals surface area contributed by atoms with Crippen molar-refractivity contribution in [2.24, 2.45) is 17.6 Å². The summed E-state index contributed by atoms with van der Waals surface area (Å²) in [6, 6.07) is 14.0. The van der Waals surface area contributed by atoms with Crippen molar-refractivity contribution in [1.82, 2.24) is 4.90 Å². The lowest BCUT2D eigenvalue weighted by Gasteiger charge is -2.26. The first kappa shape index (κ1) is 21.1. The lowest BCUT2D eigenvalue weighted by atomic mass is 9.76. The smallest absolute Gasteiger partial charge is 0.291 e. The summed E-state index contributed by atoms with van der Waals surface area (Å²) >= 11 is 0. The van der Waals surface area contributed by atoms with Gasteiger partial charge in [0.1, 0.15) is 23.6 Å². The molecule has 0 unspecified atom stereocenters. The number of fused-ring (bicyclic) bond motifs is 4. The maximum Gasteiger partial charge on any atom is 0.291 e. The number of hydrogen-bond acceptors (Lipinski definition) is 5. The van der Waals surface area contributed by atoms with Gasteiger partial charge in [-0.2, -0.15) is 0 Å². The van der Waals surface area contributed by atoms with Crippen LogP contribution in [0.5, 0.6) is 5.75 Å². The molecule has 4 amide bonds. The number of primary amides is 1. The van der Waals surface area contributed by atoms with Gasteiger partial charge in [-0.25, -0.2) is 0 Å². The molecular weight excluding hydrogens is 424 g/mol. The summed E-state index contributed by atoms with van der Waals surface area (Å²) in [5.74, 6) is -2.56. The zero-order chi connectivity index (χ0) is 23.3. The van der Waals surface area contributed by atoms with Crippen LogP contribution >= 0.6 is 0 Å². The molecule has 0 aromatic heterocycles. The highest BCUT2D eigenvalue weighted by atomic mass is 16.5. The fourth-order valence-electron chi connectivity index (χ4n) is 5.71. The number of imide groups is 1. The normalized spacial score (nSPS) is 27.6. The van der Waals surface area contributed by atoms with E-state index in [-0.39, 0.29) is 30.7 Å². The number of benzene rings is 2. The molecule has 2 fully saturated rings. The second-order valence-electron chi connectivity index (χ2n) is 8.78. The van der Waals surface area contributed by atoms with Crippen LogP contribution in [0.2, 0.25) is 0 Å². The summed E-state index contributed by atoms with van der Waals surface area (Å²) in [4.78, 5) is 53.5. The Morgan fingerprint density at radius 3 is 2.61 bits per heavy atom. The molecule has 5 N–H and O–H groups in total. The number of para-hydroxylation sites is 2. The molecule has 3 heterocycles. The number of ether oxygens (including phenoxy) is 1. The van der Waals surface area contributed by atoms with Gasteiger partial charge in [0.2, 0.25) is 23.3 Å². The van der Waals surface area contributed by atoms with Crippen LogP contribution in [-0.4, -0.2) is 41.7 Å². The second-order valence-corrected chi connectivity index (χ2v) is 8.78. The Labute approximate surface area is 190 Å². The molecule has 4 atom stereocenters. The minimum Gasteiger partial charge on any atom is -0.496 e. The van der Waals surface area contributed by atoms with Crippen LogP contribution in [0.3, 0.4) is 0 Å². The number of likely N-dealkylation sites (tertiary alicyclic amines) is 1. The minimum absolute atomic E-state index is 0.0521. The van der Waals surface area contributed by atoms with Crippen molar-refractivity contribution < 1.29 is 29.2 Å². The highest BCUT2D eigenvalue weighted by molar-refractivity contribution is 6.13. The molecule has 5 rings (SSSR count). The highest BCUT2D eigenvalue weighted by Crippen LogP contribution is 2.49. The van der Waals surface area contributed by atoms with Gasteiger partial charge < -0.3 is 21.1 Å². The van der Waals surface area contributed by atoms with Crippen LogP contribution in [-0.2, 0) is 31.3 Å². The van der Waals surface area contributed by atoms with E-state index in [1.54, 1.807) is 18.2 Å². The van der Waals surface area contributed by atoms with E-state index in [1.807, 2.05) is 35.6 Å². The number of nitrogens with two attached hydrogens (primary N) is 2. The number of nitrogens with zero attached hydrogens (tertiary/aromatic N) is 1. The molecule has 9 heteroatoms. The van der Waals surface area contributed by atoms with Gasteiger partial charge in [0, 0.05) is 24.0 Å². The van der Waals surface area contributed by atoms with Gasteiger partial charge in [-0.3, -0.25) is 24.1 Å². The van der Waals surface area contributed by atoms with E-state index in [1.165, 1.54) is 12.0 Å². The molecule has 2 aromatic rings. The highest BCUT2D eigenvalue weighted by Gasteiger charge is 2.74. The minimum atomic E-state index is -1.26. The van der Waals surface area contributed by atoms with E-state index >= 15 is 0 Å². The van der Waals surface area contributed by atoms with Gasteiger partial charge in [0.25, 0.3) is 5.91 Å². The molecule has 170 valence electrons. The van der Waals surface area contributed by atoms with E-state index in [9.17, 15) is 19.2 Å². The van der Waals surface area contributed by atoms with E-state index in [4.69, 9.17) is 10.5 Å². The molecule has 3 aliphatic rings. The Balaban J connectivity index is 1.57. The molecule has 3 aliphatic heterocycles. The Hall–Kier alpha value is -3.72. The number of anilines is 1. The van der Waals surface area contributed by atoms with Crippen LogP contribution in [0.25, 0.3) is 0 Å². The van der Waals surface area contributed by atoms with Gasteiger partial charge in [-0.05, 0) is 12.1 Å². The summed E-state index contributed by atoms with van der Waals surface area (Å²) in [7, 11) is 1.53. The standard InChI is InChI=1S/C24H24N4O5/c1-33-17-9-5-2-6-13(17)12-28-21(30)19-16(10-11-18(25)29)27-24(20(19)22(28)31)14-7-3-4-8-15(14)26-23(24)32/h2-9,16,19-20,27H,10-12H2,1H3,(H2,25,29)(H,26,32)/p+1/t16-,19+,20-,24-/m1/s1. The van der Waals surface area contributed by atoms with Crippen molar-refractivity contribution in [3.63, 3.8) is 0 Å². The molecule has 9 nitrogen and oxygen atoms in total. The quantitative estimate of drug-likeness (QED) is 0.528. The number of rotatable bonds is 6. The average Bonchev–Trinajstić information content (AvgIpc) is 3.39. The third-order valence-corrected chi connectivity index (χ3v) is 7.11. The van der Waals surface area contributed by atoms with Gasteiger partial charge in [-0.15, -0.1) is 0 Å². The SMILES string of the molecule is COc1ccccc1CN1C(=O)[C@H]2[C@@H](CCC(N)=O)[NH2+][C@@]3(C(=O)Nc4ccccc43)[C@H]2C1=O. The number of hydrogen-bond donors (Lipinski definition) is 3. The Kier molecular flexibility index (Phi) is 4.93. The van der Waals surface area contributed by atoms with Crippen molar-refractivity contribution in [2.75, 3.05) is 12.4 Å². The maximum atomic E-state index is 13.8. The van der Waals surface area contributed by atoms with Crippen LogP contribution in [0.15, 0.2) is 48.5 Å². The summed E-state index contributed by atoms with van der Waals surface area (Å²) in [5, 5.41) is 4.69. The number of nitrogens with one attached hydrogen (secondary N) is 1. The molecule has 0 aliphatic carbocycles. The zero-order valence-corrected chi connectivity index (χ0v) is 18.1. The molecule has 2 aromatic carbocycles. The molecule has 0 radical (unpaired) electrons. The Morgan fingerprint density at radius 1 is 1.12 bits per heavy atom. The zero-order valence-electron chi connectivity index (χ0n) is 18.1. The topological polar surface area (TPSA) is 135 Å². The fourth-order valence-corrected chi connectivity index (χ4v) is 5.71. The molecular formula is C24H25N4O5+. The van der Waals surface area contributed by atoms with E-state index in [0.717, 1.165) is 0 Å². The third-order valence-electron chi connectivity index (χ3n) is 7.11. The Bertz CT molecular complexity index is 1180. The largest absolute Gasteiger partial charge is 0.496 e. The van der Waals surface area contributed by atoms with E-state index < -0.39 is 29.3 Å². The average molecular weight is 449 g/mol. The number of methoxy groups -OCH3 is 1. The lowest BCUT2D eigenvalue weighted by Crippen LogP contribution is -2.99. The summed E-state index contributed by atoms with van der Waals surface area (Å²) in [5.41, 5.74) is 6.13. The fraction of sp³-hybridized carbons (Fsp3) is 0.333. The van der Waals surface area contributed by atoms with Gasteiger partial charge >= 0.3 is 0 Å². The predicted molar refractivity (Wildman–Crippen MR) is 116 cm³/mol. The lowest BCUT2D eigenvalue weighted by molar-refractivity contribution is -0.734. The van der Waals surface area contributed by atoms with Crippen molar-refractivity contribution in [3.8, 4) is 5.75 Å². The molecule has 0 saturated carbocycles. The molecule has 33 heavy (non-hydrogen) atoms. The first-order chi connectivity index (χ1) is 15.9. The maximum absolute atomic E-state index is 13.8. The van der Waals surface area contributed by atoms with Crippen LogP contribution in [0.4, 0.5) is 5.69 Å². The summed E-state index contributed by atoms with van der Waals surface area (Å²) in [6.07, 6.45) is 0.368.